The Morgan fingerprint density at radius 2 is 1.90 bits per heavy atom. The molecule has 1 N–H and O–H groups in total. The highest BCUT2D eigenvalue weighted by Gasteiger charge is 2.19. The largest absolute Gasteiger partial charge is 0.462 e. The van der Waals surface area contributed by atoms with Gasteiger partial charge >= 0.3 is 5.97 Å². The summed E-state index contributed by atoms with van der Waals surface area (Å²) in [5, 5.41) is 4.00. The quantitative estimate of drug-likeness (QED) is 0.865. The van der Waals surface area contributed by atoms with Gasteiger partial charge in [0.15, 0.2) is 0 Å². The molecule has 0 saturated heterocycles. The van der Waals surface area contributed by atoms with Crippen molar-refractivity contribution in [2.45, 2.75) is 27.7 Å². The van der Waals surface area contributed by atoms with Crippen molar-refractivity contribution in [3.8, 4) is 0 Å². The van der Waals surface area contributed by atoms with E-state index >= 15 is 0 Å². The number of nitrogens with zero attached hydrogens (tertiary/aromatic N) is 1. The number of esters is 1. The van der Waals surface area contributed by atoms with Gasteiger partial charge in [0.05, 0.1) is 12.3 Å². The van der Waals surface area contributed by atoms with Gasteiger partial charge in [-0.2, -0.15) is 4.37 Å². The van der Waals surface area contributed by atoms with Crippen molar-refractivity contribution in [1.29, 1.82) is 0 Å². The molecule has 106 valence electrons. The molecule has 0 bridgehead atoms. The van der Waals surface area contributed by atoms with Gasteiger partial charge in [-0.1, -0.05) is 6.07 Å². The lowest BCUT2D eigenvalue weighted by atomic mass is 10.1. The third-order valence-electron chi connectivity index (χ3n) is 2.82. The maximum Gasteiger partial charge on any atom is 0.343 e. The molecule has 2 rings (SSSR count). The van der Waals surface area contributed by atoms with Crippen molar-refractivity contribution in [1.82, 2.24) is 4.37 Å². The fourth-order valence-electron chi connectivity index (χ4n) is 2.08. The van der Waals surface area contributed by atoms with Crippen LogP contribution in [0.2, 0.25) is 0 Å². The van der Waals surface area contributed by atoms with Gasteiger partial charge in [0.25, 0.3) is 0 Å². The number of benzene rings is 1. The van der Waals surface area contributed by atoms with E-state index in [1.807, 2.05) is 32.9 Å². The van der Waals surface area contributed by atoms with Crippen LogP contribution in [0.3, 0.4) is 0 Å². The number of hydrogen-bond acceptors (Lipinski definition) is 5. The summed E-state index contributed by atoms with van der Waals surface area (Å²) in [5.41, 5.74) is 4.52. The number of anilines is 2. The van der Waals surface area contributed by atoms with Crippen LogP contribution in [-0.4, -0.2) is 16.9 Å². The molecule has 4 nitrogen and oxygen atoms in total. The molecule has 0 fully saturated rings. The first-order valence-corrected chi connectivity index (χ1v) is 7.27. The Kier molecular flexibility index (Phi) is 4.39. The van der Waals surface area contributed by atoms with Gasteiger partial charge in [0.1, 0.15) is 10.6 Å². The van der Waals surface area contributed by atoms with Gasteiger partial charge < -0.3 is 10.1 Å². The molecule has 0 aliphatic carbocycles. The number of aromatic nitrogens is 1. The Morgan fingerprint density at radius 1 is 1.25 bits per heavy atom. The number of rotatable bonds is 4. The van der Waals surface area contributed by atoms with E-state index in [9.17, 15) is 4.79 Å². The van der Waals surface area contributed by atoms with E-state index in [1.54, 1.807) is 6.92 Å². The second-order valence-electron chi connectivity index (χ2n) is 4.69. The number of aryl methyl sites for hydroxylation is 3. The molecule has 0 unspecified atom stereocenters. The Bertz CT molecular complexity index is 615. The van der Waals surface area contributed by atoms with Crippen molar-refractivity contribution in [2.24, 2.45) is 0 Å². The van der Waals surface area contributed by atoms with Gasteiger partial charge in [-0.05, 0) is 62.5 Å². The minimum absolute atomic E-state index is 0.328. The first-order valence-electron chi connectivity index (χ1n) is 6.50. The van der Waals surface area contributed by atoms with Crippen LogP contribution in [0.5, 0.6) is 0 Å². The van der Waals surface area contributed by atoms with E-state index in [0.717, 1.165) is 10.7 Å². The highest BCUT2D eigenvalue weighted by Crippen LogP contribution is 2.29. The Hall–Kier alpha value is -1.88. The average molecular weight is 290 g/mol. The summed E-state index contributed by atoms with van der Waals surface area (Å²) in [6, 6.07) is 6.18. The summed E-state index contributed by atoms with van der Waals surface area (Å²) in [6.45, 7) is 8.06. The first kappa shape index (κ1) is 14.5. The number of nitrogens with one attached hydrogen (secondary N) is 1. The van der Waals surface area contributed by atoms with Crippen LogP contribution in [0.1, 0.15) is 34.1 Å². The maximum atomic E-state index is 12.0. The van der Waals surface area contributed by atoms with Crippen LogP contribution in [0.25, 0.3) is 0 Å². The van der Waals surface area contributed by atoms with Gasteiger partial charge in [0.2, 0.25) is 0 Å². The molecule has 0 aliphatic heterocycles. The minimum atomic E-state index is -0.328. The van der Waals surface area contributed by atoms with Crippen LogP contribution >= 0.6 is 11.5 Å². The molecule has 1 aromatic heterocycles. The lowest BCUT2D eigenvalue weighted by Crippen LogP contribution is -2.07. The maximum absolute atomic E-state index is 12.0. The van der Waals surface area contributed by atoms with E-state index in [4.69, 9.17) is 4.74 Å². The lowest BCUT2D eigenvalue weighted by molar-refractivity contribution is 0.0527. The molecule has 0 atom stereocenters. The van der Waals surface area contributed by atoms with Gasteiger partial charge in [-0.25, -0.2) is 4.79 Å². The van der Waals surface area contributed by atoms with Crippen molar-refractivity contribution < 1.29 is 9.53 Å². The van der Waals surface area contributed by atoms with Crippen LogP contribution in [-0.2, 0) is 4.74 Å². The predicted molar refractivity (Wildman–Crippen MR) is 82.0 cm³/mol. The van der Waals surface area contributed by atoms with Crippen molar-refractivity contribution in [2.75, 3.05) is 11.9 Å². The molecular weight excluding hydrogens is 272 g/mol. The third-order valence-corrected chi connectivity index (χ3v) is 3.68. The standard InChI is InChI=1S/C15H18N2O2S/c1-5-19-15(18)13-11(4)17-20-14(13)16-12-7-9(2)6-10(3)8-12/h6-8,16H,5H2,1-4H3. The molecule has 2 aromatic rings. The van der Waals surface area contributed by atoms with Crippen molar-refractivity contribution in [3.05, 3.63) is 40.6 Å². The normalized spacial score (nSPS) is 10.4. The highest BCUT2D eigenvalue weighted by molar-refractivity contribution is 7.10. The molecular formula is C15H18N2O2S. The van der Waals surface area contributed by atoms with E-state index < -0.39 is 0 Å². The molecule has 0 spiro atoms. The summed E-state index contributed by atoms with van der Waals surface area (Å²) >= 11 is 1.27. The van der Waals surface area contributed by atoms with Crippen molar-refractivity contribution in [3.63, 3.8) is 0 Å². The zero-order valence-corrected chi connectivity index (χ0v) is 12.9. The fourth-order valence-corrected chi connectivity index (χ4v) is 2.88. The summed E-state index contributed by atoms with van der Waals surface area (Å²) < 4.78 is 9.32. The van der Waals surface area contributed by atoms with E-state index in [0.29, 0.717) is 17.9 Å². The monoisotopic (exact) mass is 290 g/mol. The van der Waals surface area contributed by atoms with Gasteiger partial charge in [-0.3, -0.25) is 0 Å². The predicted octanol–water partition coefficient (Wildman–Crippen LogP) is 3.99. The number of hydrogen-bond donors (Lipinski definition) is 1. The van der Waals surface area contributed by atoms with Gasteiger partial charge in [0, 0.05) is 5.69 Å². The first-order chi connectivity index (χ1) is 9.51. The zero-order chi connectivity index (χ0) is 14.7. The molecule has 0 radical (unpaired) electrons. The minimum Gasteiger partial charge on any atom is -0.462 e. The fraction of sp³-hybridized carbons (Fsp3) is 0.333. The average Bonchev–Trinajstić information content (AvgIpc) is 2.69. The summed E-state index contributed by atoms with van der Waals surface area (Å²) in [6.07, 6.45) is 0. The van der Waals surface area contributed by atoms with Crippen molar-refractivity contribution >= 4 is 28.2 Å². The smallest absolute Gasteiger partial charge is 0.343 e. The molecule has 0 amide bonds. The van der Waals surface area contributed by atoms with E-state index in [2.05, 4.69) is 15.8 Å². The second-order valence-corrected chi connectivity index (χ2v) is 5.47. The molecule has 1 heterocycles. The number of ether oxygens (including phenoxy) is 1. The topological polar surface area (TPSA) is 51.2 Å². The van der Waals surface area contributed by atoms with Gasteiger partial charge in [-0.15, -0.1) is 0 Å². The lowest BCUT2D eigenvalue weighted by Gasteiger charge is -2.08. The van der Waals surface area contributed by atoms with Crippen LogP contribution in [0.4, 0.5) is 10.7 Å². The molecule has 0 saturated carbocycles. The van der Waals surface area contributed by atoms with Crippen LogP contribution in [0.15, 0.2) is 18.2 Å². The molecule has 20 heavy (non-hydrogen) atoms. The Labute approximate surface area is 123 Å². The molecule has 1 aromatic carbocycles. The van der Waals surface area contributed by atoms with Crippen LogP contribution in [0, 0.1) is 20.8 Å². The van der Waals surface area contributed by atoms with E-state index in [-0.39, 0.29) is 5.97 Å². The Balaban J connectivity index is 2.32. The zero-order valence-electron chi connectivity index (χ0n) is 12.1. The summed E-state index contributed by atoms with van der Waals surface area (Å²) in [7, 11) is 0. The second kappa shape index (κ2) is 6.05. The Morgan fingerprint density at radius 3 is 2.50 bits per heavy atom. The number of carbonyl (C=O) groups excluding carboxylic acids is 1. The summed E-state index contributed by atoms with van der Waals surface area (Å²) in [4.78, 5) is 12.0. The third kappa shape index (κ3) is 3.17. The SMILES string of the molecule is CCOC(=O)c1c(C)nsc1Nc1cc(C)cc(C)c1. The molecule has 5 heteroatoms. The number of carbonyl (C=O) groups is 1. The summed E-state index contributed by atoms with van der Waals surface area (Å²) in [5.74, 6) is -0.328. The highest BCUT2D eigenvalue weighted by atomic mass is 32.1. The van der Waals surface area contributed by atoms with E-state index in [1.165, 1.54) is 22.7 Å². The van der Waals surface area contributed by atoms with Crippen LogP contribution < -0.4 is 5.32 Å². The molecule has 0 aliphatic rings.